The first kappa shape index (κ1) is 22.9. The molecule has 7 heteroatoms. The number of amides is 1. The number of halogens is 1. The summed E-state index contributed by atoms with van der Waals surface area (Å²) < 4.78 is 20.3. The number of rotatable bonds is 5. The number of aromatic nitrogens is 2. The molecule has 4 rings (SSSR count). The third-order valence-electron chi connectivity index (χ3n) is 5.69. The van der Waals surface area contributed by atoms with E-state index in [0.717, 1.165) is 11.1 Å². The van der Waals surface area contributed by atoms with E-state index in [9.17, 15) is 14.0 Å². The number of methoxy groups -OCH3 is 1. The highest BCUT2D eigenvalue weighted by atomic mass is 19.1. The van der Waals surface area contributed by atoms with Gasteiger partial charge in [0.15, 0.2) is 0 Å². The molecule has 0 spiro atoms. The second kappa shape index (κ2) is 9.31. The summed E-state index contributed by atoms with van der Waals surface area (Å²) in [6, 6.07) is 18.0. The van der Waals surface area contributed by atoms with Crippen molar-refractivity contribution in [1.29, 1.82) is 0 Å². The largest absolute Gasteiger partial charge is 0.497 e. The number of nitrogens with zero attached hydrogens (tertiary/aromatic N) is 2. The molecule has 0 bridgehead atoms. The molecule has 0 fully saturated rings. The van der Waals surface area contributed by atoms with Crippen molar-refractivity contribution in [1.82, 2.24) is 9.78 Å². The van der Waals surface area contributed by atoms with Crippen LogP contribution in [0.2, 0.25) is 0 Å². The first-order valence-electron chi connectivity index (χ1n) is 10.7. The molecule has 1 aromatic heterocycles. The summed E-state index contributed by atoms with van der Waals surface area (Å²) in [5.74, 6) is -0.161. The van der Waals surface area contributed by atoms with Gasteiger partial charge in [-0.2, -0.15) is 5.10 Å². The van der Waals surface area contributed by atoms with Gasteiger partial charge in [-0.25, -0.2) is 9.07 Å². The second-order valence-electron chi connectivity index (χ2n) is 8.01. The van der Waals surface area contributed by atoms with E-state index in [0.29, 0.717) is 17.0 Å². The molecular weight excluding hydrogens is 433 g/mol. The number of ether oxygens (including phenoxy) is 1. The van der Waals surface area contributed by atoms with Crippen LogP contribution in [0, 0.1) is 26.6 Å². The lowest BCUT2D eigenvalue weighted by Gasteiger charge is -2.19. The smallest absolute Gasteiger partial charge is 0.256 e. The maximum Gasteiger partial charge on any atom is 0.256 e. The average molecular weight is 458 g/mol. The number of anilines is 1. The summed E-state index contributed by atoms with van der Waals surface area (Å²) in [5.41, 5.74) is 3.88. The van der Waals surface area contributed by atoms with Crippen LogP contribution in [0.25, 0.3) is 16.8 Å². The second-order valence-corrected chi connectivity index (χ2v) is 8.01. The molecule has 0 aliphatic heterocycles. The summed E-state index contributed by atoms with van der Waals surface area (Å²) >= 11 is 0. The first-order valence-corrected chi connectivity index (χ1v) is 10.7. The maximum atomic E-state index is 13.4. The molecule has 34 heavy (non-hydrogen) atoms. The van der Waals surface area contributed by atoms with Crippen molar-refractivity contribution in [3.05, 3.63) is 105 Å². The summed E-state index contributed by atoms with van der Waals surface area (Å²) in [6.45, 7) is 5.62. The van der Waals surface area contributed by atoms with Gasteiger partial charge in [-0.05, 0) is 86.0 Å². The van der Waals surface area contributed by atoms with Crippen molar-refractivity contribution in [2.45, 2.75) is 20.8 Å². The monoisotopic (exact) mass is 457 g/mol. The van der Waals surface area contributed by atoms with Crippen molar-refractivity contribution in [2.24, 2.45) is 0 Å². The van der Waals surface area contributed by atoms with Gasteiger partial charge in [0.1, 0.15) is 23.1 Å². The van der Waals surface area contributed by atoms with Crippen LogP contribution in [0.4, 0.5) is 10.2 Å². The minimum absolute atomic E-state index is 0.210. The zero-order valence-electron chi connectivity index (χ0n) is 19.3. The molecule has 0 radical (unpaired) electrons. The predicted molar refractivity (Wildman–Crippen MR) is 130 cm³/mol. The van der Waals surface area contributed by atoms with Gasteiger partial charge < -0.3 is 10.1 Å². The Morgan fingerprint density at radius 2 is 1.71 bits per heavy atom. The molecule has 0 aliphatic carbocycles. The number of carbonyl (C=O) groups excluding carboxylic acids is 1. The number of carbonyl (C=O) groups is 1. The van der Waals surface area contributed by atoms with Crippen molar-refractivity contribution < 1.29 is 13.9 Å². The van der Waals surface area contributed by atoms with Gasteiger partial charge in [-0.1, -0.05) is 18.2 Å². The standard InChI is InChI=1S/C27H24FN3O3/c1-16-8-13-22(14-17(16)2)31-26(29-27(33)19-9-11-21(28)12-10-19)24(25(32)18(3)30-31)20-6-5-7-23(15-20)34-4/h5-15H,1-4H3,(H,29,33). The van der Waals surface area contributed by atoms with Crippen LogP contribution < -0.4 is 15.5 Å². The van der Waals surface area contributed by atoms with Crippen LogP contribution in [-0.2, 0) is 0 Å². The van der Waals surface area contributed by atoms with Gasteiger partial charge in [-0.3, -0.25) is 9.59 Å². The third kappa shape index (κ3) is 4.45. The Labute approximate surface area is 196 Å². The molecule has 0 atom stereocenters. The summed E-state index contributed by atoms with van der Waals surface area (Å²) in [7, 11) is 1.54. The zero-order chi connectivity index (χ0) is 24.4. The molecule has 0 saturated heterocycles. The molecule has 172 valence electrons. The van der Waals surface area contributed by atoms with Crippen molar-refractivity contribution >= 4 is 11.7 Å². The summed E-state index contributed by atoms with van der Waals surface area (Å²) in [5, 5.41) is 7.35. The van der Waals surface area contributed by atoms with Crippen molar-refractivity contribution in [3.8, 4) is 22.6 Å². The van der Waals surface area contributed by atoms with E-state index < -0.39 is 11.7 Å². The predicted octanol–water partition coefficient (Wildman–Crippen LogP) is 5.22. The fraction of sp³-hybridized carbons (Fsp3) is 0.148. The van der Waals surface area contributed by atoms with E-state index in [1.54, 1.807) is 43.0 Å². The van der Waals surface area contributed by atoms with Gasteiger partial charge in [0.25, 0.3) is 5.91 Å². The Kier molecular flexibility index (Phi) is 6.27. The fourth-order valence-electron chi connectivity index (χ4n) is 3.63. The Morgan fingerprint density at radius 1 is 0.971 bits per heavy atom. The molecule has 1 N–H and O–H groups in total. The Morgan fingerprint density at radius 3 is 2.38 bits per heavy atom. The minimum Gasteiger partial charge on any atom is -0.497 e. The van der Waals surface area contributed by atoms with E-state index in [-0.39, 0.29) is 28.1 Å². The van der Waals surface area contributed by atoms with E-state index in [1.165, 1.54) is 24.3 Å². The molecule has 3 aromatic carbocycles. The lowest BCUT2D eigenvalue weighted by molar-refractivity contribution is 0.102. The van der Waals surface area contributed by atoms with Gasteiger partial charge in [0, 0.05) is 5.56 Å². The van der Waals surface area contributed by atoms with Gasteiger partial charge in [0.05, 0.1) is 18.4 Å². The van der Waals surface area contributed by atoms with Gasteiger partial charge in [-0.15, -0.1) is 0 Å². The fourth-order valence-corrected chi connectivity index (χ4v) is 3.63. The van der Waals surface area contributed by atoms with Crippen LogP contribution in [0.5, 0.6) is 5.75 Å². The highest BCUT2D eigenvalue weighted by molar-refractivity contribution is 6.05. The molecule has 4 aromatic rings. The molecule has 0 saturated carbocycles. The number of benzene rings is 3. The quantitative estimate of drug-likeness (QED) is 0.446. The highest BCUT2D eigenvalue weighted by Gasteiger charge is 2.21. The highest BCUT2D eigenvalue weighted by Crippen LogP contribution is 2.30. The molecule has 1 heterocycles. The van der Waals surface area contributed by atoms with Crippen LogP contribution >= 0.6 is 0 Å². The van der Waals surface area contributed by atoms with Gasteiger partial charge >= 0.3 is 0 Å². The summed E-state index contributed by atoms with van der Waals surface area (Å²) in [6.07, 6.45) is 0. The van der Waals surface area contributed by atoms with E-state index in [1.807, 2.05) is 32.0 Å². The molecule has 0 aliphatic rings. The molecule has 0 unspecified atom stereocenters. The molecule has 1 amide bonds. The number of aryl methyl sites for hydroxylation is 3. The van der Waals surface area contributed by atoms with E-state index in [2.05, 4.69) is 10.4 Å². The van der Waals surface area contributed by atoms with E-state index >= 15 is 0 Å². The lowest BCUT2D eigenvalue weighted by atomic mass is 10.0. The number of hydrogen-bond acceptors (Lipinski definition) is 4. The number of nitrogens with one attached hydrogen (secondary N) is 1. The Hall–Kier alpha value is -4.26. The number of hydrogen-bond donors (Lipinski definition) is 1. The van der Waals surface area contributed by atoms with E-state index in [4.69, 9.17) is 4.74 Å². The normalized spacial score (nSPS) is 10.7. The van der Waals surface area contributed by atoms with Gasteiger partial charge in [0.2, 0.25) is 5.43 Å². The molecule has 6 nitrogen and oxygen atoms in total. The average Bonchev–Trinajstić information content (AvgIpc) is 2.83. The first-order chi connectivity index (χ1) is 16.3. The van der Waals surface area contributed by atoms with Crippen LogP contribution in [0.3, 0.4) is 0 Å². The molecular formula is C27H24FN3O3. The van der Waals surface area contributed by atoms with Crippen LogP contribution in [0.1, 0.15) is 27.2 Å². The SMILES string of the molecule is COc1cccc(-c2c(NC(=O)c3ccc(F)cc3)n(-c3ccc(C)c(C)c3)nc(C)c2=O)c1. The van der Waals surface area contributed by atoms with Crippen LogP contribution in [0.15, 0.2) is 71.5 Å². The Balaban J connectivity index is 1.98. The van der Waals surface area contributed by atoms with Crippen molar-refractivity contribution in [3.63, 3.8) is 0 Å². The maximum absolute atomic E-state index is 13.4. The van der Waals surface area contributed by atoms with Crippen LogP contribution in [-0.4, -0.2) is 22.8 Å². The zero-order valence-corrected chi connectivity index (χ0v) is 19.3. The minimum atomic E-state index is -0.494. The summed E-state index contributed by atoms with van der Waals surface area (Å²) in [4.78, 5) is 26.5. The topological polar surface area (TPSA) is 73.2 Å². The third-order valence-corrected chi connectivity index (χ3v) is 5.69. The lowest BCUT2D eigenvalue weighted by Crippen LogP contribution is -2.25. The van der Waals surface area contributed by atoms with Crippen molar-refractivity contribution in [2.75, 3.05) is 12.4 Å². The Bertz CT molecular complexity index is 1440.